The summed E-state index contributed by atoms with van der Waals surface area (Å²) < 4.78 is 5.35. The number of nitrogens with zero attached hydrogens (tertiary/aromatic N) is 3. The first kappa shape index (κ1) is 18.2. The highest BCUT2D eigenvalue weighted by Gasteiger charge is 2.38. The molecule has 2 rings (SSSR count). The molecule has 132 valence electrons. The molecule has 2 atom stereocenters. The number of aromatic nitrogens is 1. The molecule has 7 nitrogen and oxygen atoms in total. The number of ether oxygens (including phenoxy) is 1. The van der Waals surface area contributed by atoms with Gasteiger partial charge in [0, 0.05) is 19.3 Å². The number of carboxylic acids is 1. The molecule has 0 bridgehead atoms. The van der Waals surface area contributed by atoms with Crippen molar-refractivity contribution in [3.8, 4) is 0 Å². The number of aliphatic carboxylic acids is 1. The van der Waals surface area contributed by atoms with Crippen molar-refractivity contribution < 1.29 is 19.4 Å². The Kier molecular flexibility index (Phi) is 5.43. The van der Waals surface area contributed by atoms with E-state index in [0.29, 0.717) is 13.1 Å². The molecule has 1 amide bonds. The van der Waals surface area contributed by atoms with E-state index in [1.807, 2.05) is 30.0 Å². The minimum Gasteiger partial charge on any atom is -0.480 e. The Morgan fingerprint density at radius 1 is 1.33 bits per heavy atom. The van der Waals surface area contributed by atoms with Crippen molar-refractivity contribution in [3.05, 3.63) is 30.1 Å². The summed E-state index contributed by atoms with van der Waals surface area (Å²) in [6, 6.07) is 4.65. The molecule has 24 heavy (non-hydrogen) atoms. The lowest BCUT2D eigenvalue weighted by atomic mass is 10.1. The maximum absolute atomic E-state index is 12.2. The SMILES string of the molecule is C[C@H](c1ccccn1)N1CCN(C(=O)OC(C)(C)C)C[C@H]1C(=O)O. The summed E-state index contributed by atoms with van der Waals surface area (Å²) in [5.41, 5.74) is 0.211. The van der Waals surface area contributed by atoms with Crippen LogP contribution in [-0.4, -0.2) is 63.2 Å². The average molecular weight is 335 g/mol. The second-order valence-electron chi connectivity index (χ2n) is 6.95. The Hall–Kier alpha value is -2.15. The van der Waals surface area contributed by atoms with Gasteiger partial charge in [-0.25, -0.2) is 4.79 Å². The minimum absolute atomic E-state index is 0.0986. The standard InChI is InChI=1S/C17H25N3O4/c1-12(13-7-5-6-8-18-13)20-10-9-19(11-14(20)15(21)22)16(23)24-17(2,3)4/h5-8,12,14H,9-11H2,1-4H3,(H,21,22)/t12-,14+/m1/s1. The van der Waals surface area contributed by atoms with Gasteiger partial charge in [0.2, 0.25) is 0 Å². The van der Waals surface area contributed by atoms with Crippen molar-refractivity contribution in [2.75, 3.05) is 19.6 Å². The zero-order chi connectivity index (χ0) is 17.9. The van der Waals surface area contributed by atoms with Crippen LogP contribution in [0.2, 0.25) is 0 Å². The van der Waals surface area contributed by atoms with Crippen LogP contribution >= 0.6 is 0 Å². The van der Waals surface area contributed by atoms with Gasteiger partial charge in [-0.3, -0.25) is 14.7 Å². The lowest BCUT2D eigenvalue weighted by molar-refractivity contribution is -0.147. The van der Waals surface area contributed by atoms with Crippen LogP contribution in [0.3, 0.4) is 0 Å². The molecule has 0 spiro atoms. The average Bonchev–Trinajstić information content (AvgIpc) is 2.52. The number of rotatable bonds is 3. The highest BCUT2D eigenvalue weighted by atomic mass is 16.6. The first-order valence-corrected chi connectivity index (χ1v) is 8.06. The molecule has 1 saturated heterocycles. The molecular formula is C17H25N3O4. The monoisotopic (exact) mass is 335 g/mol. The van der Waals surface area contributed by atoms with E-state index < -0.39 is 23.7 Å². The fraction of sp³-hybridized carbons (Fsp3) is 0.588. The predicted molar refractivity (Wildman–Crippen MR) is 88.6 cm³/mol. The summed E-state index contributed by atoms with van der Waals surface area (Å²) >= 11 is 0. The molecule has 2 heterocycles. The number of hydrogen-bond donors (Lipinski definition) is 1. The molecule has 1 aliphatic heterocycles. The Morgan fingerprint density at radius 2 is 2.04 bits per heavy atom. The number of amides is 1. The summed E-state index contributed by atoms with van der Waals surface area (Å²) in [6.45, 7) is 8.28. The quantitative estimate of drug-likeness (QED) is 0.911. The van der Waals surface area contributed by atoms with Crippen LogP contribution in [0.25, 0.3) is 0 Å². The first-order chi connectivity index (χ1) is 11.2. The van der Waals surface area contributed by atoms with E-state index in [1.54, 1.807) is 27.0 Å². The van der Waals surface area contributed by atoms with Gasteiger partial charge in [-0.2, -0.15) is 0 Å². The van der Waals surface area contributed by atoms with Crippen LogP contribution in [0, 0.1) is 0 Å². The lowest BCUT2D eigenvalue weighted by Gasteiger charge is -2.42. The molecule has 1 fully saturated rings. The Balaban J connectivity index is 2.11. The van der Waals surface area contributed by atoms with Crippen molar-refractivity contribution in [3.63, 3.8) is 0 Å². The van der Waals surface area contributed by atoms with Crippen LogP contribution in [0.1, 0.15) is 39.4 Å². The van der Waals surface area contributed by atoms with Crippen molar-refractivity contribution in [2.45, 2.75) is 45.4 Å². The molecule has 0 aromatic carbocycles. The van der Waals surface area contributed by atoms with Gasteiger partial charge in [0.1, 0.15) is 11.6 Å². The molecule has 7 heteroatoms. The fourth-order valence-electron chi connectivity index (χ4n) is 2.77. The van der Waals surface area contributed by atoms with Crippen molar-refractivity contribution in [2.24, 2.45) is 0 Å². The zero-order valence-electron chi connectivity index (χ0n) is 14.6. The minimum atomic E-state index is -0.953. The smallest absolute Gasteiger partial charge is 0.410 e. The zero-order valence-corrected chi connectivity index (χ0v) is 14.6. The number of piperazine rings is 1. The molecule has 0 unspecified atom stereocenters. The van der Waals surface area contributed by atoms with E-state index in [-0.39, 0.29) is 12.6 Å². The van der Waals surface area contributed by atoms with Gasteiger partial charge in [-0.05, 0) is 39.8 Å². The topological polar surface area (TPSA) is 83.0 Å². The Bertz CT molecular complexity index is 585. The number of carbonyl (C=O) groups excluding carboxylic acids is 1. The van der Waals surface area contributed by atoms with E-state index in [1.165, 1.54) is 4.90 Å². The summed E-state index contributed by atoms with van der Waals surface area (Å²) in [7, 11) is 0. The third-order valence-corrected chi connectivity index (χ3v) is 3.97. The maximum atomic E-state index is 12.2. The summed E-state index contributed by atoms with van der Waals surface area (Å²) in [5, 5.41) is 9.60. The molecule has 1 N–H and O–H groups in total. The number of carbonyl (C=O) groups is 2. The summed E-state index contributed by atoms with van der Waals surface area (Å²) in [5.74, 6) is -0.953. The predicted octanol–water partition coefficient (Wildman–Crippen LogP) is 2.15. The molecule has 1 aromatic heterocycles. The second-order valence-corrected chi connectivity index (χ2v) is 6.95. The number of hydrogen-bond acceptors (Lipinski definition) is 5. The van der Waals surface area contributed by atoms with Crippen LogP contribution in [-0.2, 0) is 9.53 Å². The Morgan fingerprint density at radius 3 is 2.58 bits per heavy atom. The van der Waals surface area contributed by atoms with E-state index in [4.69, 9.17) is 4.74 Å². The van der Waals surface area contributed by atoms with E-state index >= 15 is 0 Å². The second kappa shape index (κ2) is 7.17. The summed E-state index contributed by atoms with van der Waals surface area (Å²) in [6.07, 6.45) is 1.22. The van der Waals surface area contributed by atoms with Gasteiger partial charge in [0.25, 0.3) is 0 Å². The molecule has 1 aliphatic rings. The van der Waals surface area contributed by atoms with Crippen molar-refractivity contribution in [1.29, 1.82) is 0 Å². The fourth-order valence-corrected chi connectivity index (χ4v) is 2.77. The highest BCUT2D eigenvalue weighted by molar-refractivity contribution is 5.76. The van der Waals surface area contributed by atoms with E-state index in [0.717, 1.165) is 5.69 Å². The highest BCUT2D eigenvalue weighted by Crippen LogP contribution is 2.24. The van der Waals surface area contributed by atoms with Crippen molar-refractivity contribution in [1.82, 2.24) is 14.8 Å². The third kappa shape index (κ3) is 4.44. The van der Waals surface area contributed by atoms with Crippen LogP contribution in [0.15, 0.2) is 24.4 Å². The van der Waals surface area contributed by atoms with Crippen molar-refractivity contribution >= 4 is 12.1 Å². The molecule has 0 aliphatic carbocycles. The molecular weight excluding hydrogens is 310 g/mol. The van der Waals surface area contributed by atoms with Gasteiger partial charge in [-0.1, -0.05) is 6.07 Å². The van der Waals surface area contributed by atoms with Crippen LogP contribution < -0.4 is 0 Å². The van der Waals surface area contributed by atoms with E-state index in [2.05, 4.69) is 4.98 Å². The van der Waals surface area contributed by atoms with Gasteiger partial charge >= 0.3 is 12.1 Å². The van der Waals surface area contributed by atoms with Gasteiger partial charge < -0.3 is 14.7 Å². The van der Waals surface area contributed by atoms with Gasteiger partial charge in [-0.15, -0.1) is 0 Å². The molecule has 1 aromatic rings. The Labute approximate surface area is 142 Å². The maximum Gasteiger partial charge on any atom is 0.410 e. The largest absolute Gasteiger partial charge is 0.480 e. The van der Waals surface area contributed by atoms with Gasteiger partial charge in [0.15, 0.2) is 0 Å². The molecule has 0 saturated carbocycles. The van der Waals surface area contributed by atoms with E-state index in [9.17, 15) is 14.7 Å². The number of pyridine rings is 1. The summed E-state index contributed by atoms with van der Waals surface area (Å²) in [4.78, 5) is 31.6. The number of carboxylic acid groups (broad SMARTS) is 1. The normalized spacial score (nSPS) is 20.5. The van der Waals surface area contributed by atoms with Crippen LogP contribution in [0.5, 0.6) is 0 Å². The van der Waals surface area contributed by atoms with Crippen LogP contribution in [0.4, 0.5) is 4.79 Å². The molecule has 0 radical (unpaired) electrons. The lowest BCUT2D eigenvalue weighted by Crippen LogP contribution is -2.58. The first-order valence-electron chi connectivity index (χ1n) is 8.06. The van der Waals surface area contributed by atoms with Gasteiger partial charge in [0.05, 0.1) is 18.3 Å². The third-order valence-electron chi connectivity index (χ3n) is 3.97.